The maximum Gasteiger partial charge on any atom is 0.262 e. The van der Waals surface area contributed by atoms with Crippen LogP contribution in [0.2, 0.25) is 0 Å². The summed E-state index contributed by atoms with van der Waals surface area (Å²) in [6.45, 7) is 4.41. The second kappa shape index (κ2) is 15.8. The first-order valence-corrected chi connectivity index (χ1v) is 19.9. The highest BCUT2D eigenvalue weighted by Crippen LogP contribution is 2.47. The van der Waals surface area contributed by atoms with Crippen LogP contribution in [0.5, 0.6) is 23.1 Å². The molecule has 1 aromatic heterocycles. The number of aromatic hydroxyl groups is 1. The predicted octanol–water partition coefficient (Wildman–Crippen LogP) is 6.04. The van der Waals surface area contributed by atoms with Crippen LogP contribution in [-0.4, -0.2) is 88.9 Å². The van der Waals surface area contributed by atoms with E-state index in [2.05, 4.69) is 68.6 Å². The third kappa shape index (κ3) is 7.38. The summed E-state index contributed by atoms with van der Waals surface area (Å²) in [5.74, 6) is 0.377. The zero-order valence-corrected chi connectivity index (χ0v) is 31.9. The molecule has 0 spiro atoms. The Bertz CT molecular complexity index is 2360. The molecule has 4 heterocycles. The van der Waals surface area contributed by atoms with E-state index in [9.17, 15) is 24.3 Å². The van der Waals surface area contributed by atoms with Crippen molar-refractivity contribution in [3.63, 3.8) is 0 Å². The summed E-state index contributed by atoms with van der Waals surface area (Å²) < 4.78 is 12.2. The summed E-state index contributed by atoms with van der Waals surface area (Å²) in [7, 11) is 0. The first kappa shape index (κ1) is 37.1. The van der Waals surface area contributed by atoms with E-state index in [-0.39, 0.29) is 29.9 Å². The van der Waals surface area contributed by atoms with E-state index in [1.807, 2.05) is 36.5 Å². The van der Waals surface area contributed by atoms with Gasteiger partial charge >= 0.3 is 0 Å². The van der Waals surface area contributed by atoms with E-state index in [1.54, 1.807) is 24.3 Å². The SMILES string of the molecule is O=C1CCC(N2C(=O)c3ccc(OCCN4CCN(c5ccc(Oc6ccc([C@@H]7c8ccc(O)cc8CCC7c7ccccc7)cc6)nc5)CC4)cc3C2=O)C(=O)N1. The van der Waals surface area contributed by atoms with Crippen molar-refractivity contribution in [1.82, 2.24) is 20.1 Å². The van der Waals surface area contributed by atoms with Gasteiger partial charge in [0.25, 0.3) is 11.8 Å². The van der Waals surface area contributed by atoms with Gasteiger partial charge in [-0.3, -0.25) is 34.3 Å². The van der Waals surface area contributed by atoms with E-state index >= 15 is 0 Å². The molecule has 2 saturated heterocycles. The zero-order chi connectivity index (χ0) is 39.8. The number of fused-ring (bicyclic) bond motifs is 2. The van der Waals surface area contributed by atoms with Gasteiger partial charge in [0.2, 0.25) is 17.7 Å². The molecule has 0 saturated carbocycles. The molecule has 2 N–H and O–H groups in total. The number of carbonyl (C=O) groups excluding carboxylic acids is 4. The van der Waals surface area contributed by atoms with Gasteiger partial charge in [-0.1, -0.05) is 48.5 Å². The number of nitrogens with one attached hydrogen (secondary N) is 1. The molecule has 1 aliphatic carbocycles. The molecule has 58 heavy (non-hydrogen) atoms. The van der Waals surface area contributed by atoms with Crippen LogP contribution in [0, 0.1) is 0 Å². The van der Waals surface area contributed by atoms with Gasteiger partial charge in [0.1, 0.15) is 29.9 Å². The van der Waals surface area contributed by atoms with Gasteiger partial charge < -0.3 is 19.5 Å². The van der Waals surface area contributed by atoms with Gasteiger partial charge in [0.15, 0.2) is 0 Å². The van der Waals surface area contributed by atoms with Crippen LogP contribution in [0.15, 0.2) is 109 Å². The average Bonchev–Trinajstić information content (AvgIpc) is 3.49. The monoisotopic (exact) mass is 777 g/mol. The smallest absolute Gasteiger partial charge is 0.262 e. The highest BCUT2D eigenvalue weighted by Gasteiger charge is 2.44. The topological polar surface area (TPSA) is 142 Å². The Hall–Kier alpha value is -6.53. The Balaban J connectivity index is 0.764. The van der Waals surface area contributed by atoms with Gasteiger partial charge in [0, 0.05) is 51.1 Å². The van der Waals surface area contributed by atoms with Gasteiger partial charge in [-0.25, -0.2) is 4.98 Å². The molecule has 9 rings (SSSR count). The van der Waals surface area contributed by atoms with Crippen LogP contribution in [-0.2, 0) is 16.0 Å². The zero-order valence-electron chi connectivity index (χ0n) is 31.9. The maximum absolute atomic E-state index is 13.2. The number of phenolic OH excluding ortho intramolecular Hbond substituents is 1. The summed E-state index contributed by atoms with van der Waals surface area (Å²) >= 11 is 0. The van der Waals surface area contributed by atoms with E-state index in [0.717, 1.165) is 49.6 Å². The number of benzene rings is 4. The lowest BCUT2D eigenvalue weighted by atomic mass is 9.69. The van der Waals surface area contributed by atoms with Crippen molar-refractivity contribution < 1.29 is 33.8 Å². The highest BCUT2D eigenvalue weighted by atomic mass is 16.5. The Morgan fingerprint density at radius 1 is 0.741 bits per heavy atom. The van der Waals surface area contributed by atoms with Crippen molar-refractivity contribution >= 4 is 29.3 Å². The van der Waals surface area contributed by atoms with Crippen molar-refractivity contribution in [3.8, 4) is 23.1 Å². The Kier molecular flexibility index (Phi) is 10.1. The molecular formula is C46H43N5O7. The van der Waals surface area contributed by atoms with Crippen LogP contribution >= 0.6 is 0 Å². The summed E-state index contributed by atoms with van der Waals surface area (Å²) in [5, 5.41) is 12.4. The molecule has 4 aromatic carbocycles. The van der Waals surface area contributed by atoms with Crippen molar-refractivity contribution in [2.75, 3.05) is 44.2 Å². The quantitative estimate of drug-likeness (QED) is 0.161. The predicted molar refractivity (Wildman–Crippen MR) is 215 cm³/mol. The maximum atomic E-state index is 13.2. The van der Waals surface area contributed by atoms with Crippen LogP contribution in [0.4, 0.5) is 5.69 Å². The molecular weight excluding hydrogens is 735 g/mol. The lowest BCUT2D eigenvalue weighted by Gasteiger charge is -2.35. The standard InChI is InChI=1S/C46H43N5O7/c52-33-10-15-37-31(26-33)8-14-36(29-4-2-1-3-5-29)43(37)30-6-11-34(12-7-30)58-42-19-9-32(28-47-42)50-22-20-49(21-23-50)24-25-57-35-13-16-38-39(27-35)46(56)51(45(38)55)40-17-18-41(53)48-44(40)54/h1-7,9-13,15-16,19,26-28,36,40,43,52H,8,14,17-18,20-25H2,(H,48,53,54)/t36?,40?,43-/m0/s1. The fraction of sp³-hybridized carbons (Fsp3) is 0.283. The molecule has 0 bridgehead atoms. The number of aromatic nitrogens is 1. The largest absolute Gasteiger partial charge is 0.508 e. The Morgan fingerprint density at radius 2 is 1.52 bits per heavy atom. The molecule has 294 valence electrons. The van der Waals surface area contributed by atoms with Crippen LogP contribution in [0.1, 0.15) is 74.1 Å². The van der Waals surface area contributed by atoms with Crippen molar-refractivity contribution in [1.29, 1.82) is 0 Å². The third-order valence-corrected chi connectivity index (χ3v) is 11.8. The van der Waals surface area contributed by atoms with E-state index in [4.69, 9.17) is 9.47 Å². The minimum atomic E-state index is -1.00. The molecule has 12 heteroatoms. The van der Waals surface area contributed by atoms with Crippen LogP contribution in [0.3, 0.4) is 0 Å². The number of aryl methyl sites for hydroxylation is 1. The highest BCUT2D eigenvalue weighted by molar-refractivity contribution is 6.23. The Labute approximate surface area is 336 Å². The number of piperidine rings is 1. The second-order valence-electron chi connectivity index (χ2n) is 15.3. The number of hydrogen-bond donors (Lipinski definition) is 2. The summed E-state index contributed by atoms with van der Waals surface area (Å²) in [6.07, 6.45) is 3.97. The number of carbonyl (C=O) groups is 4. The molecule has 4 amide bonds. The third-order valence-electron chi connectivity index (χ3n) is 11.8. The number of piperazine rings is 1. The number of ether oxygens (including phenoxy) is 2. The molecule has 0 radical (unpaired) electrons. The first-order valence-electron chi connectivity index (χ1n) is 19.9. The number of pyridine rings is 1. The fourth-order valence-corrected chi connectivity index (χ4v) is 8.82. The summed E-state index contributed by atoms with van der Waals surface area (Å²) in [6, 6.07) is 32.5. The number of phenols is 1. The van der Waals surface area contributed by atoms with Crippen LogP contribution in [0.25, 0.3) is 0 Å². The van der Waals surface area contributed by atoms with Crippen molar-refractivity contribution in [3.05, 3.63) is 143 Å². The minimum Gasteiger partial charge on any atom is -0.508 e. The minimum absolute atomic E-state index is 0.0729. The molecule has 5 aromatic rings. The Morgan fingerprint density at radius 3 is 2.28 bits per heavy atom. The van der Waals surface area contributed by atoms with E-state index < -0.39 is 29.7 Å². The average molecular weight is 778 g/mol. The molecule has 2 unspecified atom stereocenters. The van der Waals surface area contributed by atoms with Crippen LogP contribution < -0.4 is 19.7 Å². The number of nitrogens with zero attached hydrogens (tertiary/aromatic N) is 4. The lowest BCUT2D eigenvalue weighted by molar-refractivity contribution is -0.136. The van der Waals surface area contributed by atoms with Crippen molar-refractivity contribution in [2.45, 2.75) is 43.6 Å². The molecule has 2 fully saturated rings. The number of anilines is 1. The van der Waals surface area contributed by atoms with E-state index in [1.165, 1.54) is 22.3 Å². The van der Waals surface area contributed by atoms with Gasteiger partial charge in [-0.2, -0.15) is 0 Å². The number of imide groups is 2. The van der Waals surface area contributed by atoms with E-state index in [0.29, 0.717) is 42.2 Å². The van der Waals surface area contributed by atoms with Gasteiger partial charge in [-0.15, -0.1) is 0 Å². The molecule has 4 aliphatic rings. The second-order valence-corrected chi connectivity index (χ2v) is 15.3. The van der Waals surface area contributed by atoms with Gasteiger partial charge in [-0.05, 0) is 96.0 Å². The number of amides is 4. The van der Waals surface area contributed by atoms with Gasteiger partial charge in [0.05, 0.1) is 23.0 Å². The number of hydrogen-bond acceptors (Lipinski definition) is 10. The summed E-state index contributed by atoms with van der Waals surface area (Å²) in [4.78, 5) is 60.3. The lowest BCUT2D eigenvalue weighted by Crippen LogP contribution is -2.54. The molecule has 3 aliphatic heterocycles. The fourth-order valence-electron chi connectivity index (χ4n) is 8.82. The van der Waals surface area contributed by atoms with Crippen molar-refractivity contribution in [2.24, 2.45) is 0 Å². The summed E-state index contributed by atoms with van der Waals surface area (Å²) in [5.41, 5.74) is 6.44. The number of rotatable bonds is 10. The normalized spacial score (nSPS) is 20.7. The molecule has 3 atom stereocenters. The first-order chi connectivity index (χ1) is 28.3. The molecule has 12 nitrogen and oxygen atoms in total.